The Labute approximate surface area is 129 Å². The van der Waals surface area contributed by atoms with Crippen molar-refractivity contribution < 1.29 is 14.6 Å². The number of hydrogen-bond donors (Lipinski definition) is 1. The second-order valence-corrected chi connectivity index (χ2v) is 5.89. The number of carbonyl (C=O) groups is 1. The van der Waals surface area contributed by atoms with Crippen molar-refractivity contribution in [2.24, 2.45) is 0 Å². The largest absolute Gasteiger partial charge is 0.507 e. The minimum absolute atomic E-state index is 0.0574. The summed E-state index contributed by atoms with van der Waals surface area (Å²) < 4.78 is 5.10. The third kappa shape index (κ3) is 3.79. The predicted molar refractivity (Wildman–Crippen MR) is 85.6 cm³/mol. The van der Waals surface area contributed by atoms with E-state index in [1.807, 2.05) is 24.3 Å². The number of phenolic OH excluding ortho intramolecular Hbond substituents is 1. The molecule has 3 nitrogen and oxygen atoms in total. The molecule has 2 rings (SSSR count). The van der Waals surface area contributed by atoms with Gasteiger partial charge >= 0.3 is 0 Å². The van der Waals surface area contributed by atoms with Crippen molar-refractivity contribution in [3.63, 3.8) is 0 Å². The van der Waals surface area contributed by atoms with Crippen molar-refractivity contribution in [2.45, 2.75) is 18.7 Å². The summed E-state index contributed by atoms with van der Waals surface area (Å²) >= 11 is 1.49. The lowest BCUT2D eigenvalue weighted by Gasteiger charge is -2.07. The van der Waals surface area contributed by atoms with E-state index in [0.717, 1.165) is 21.8 Å². The Bertz CT molecular complexity index is 625. The molecule has 0 spiro atoms. The molecule has 2 aromatic rings. The maximum absolute atomic E-state index is 12.2. The van der Waals surface area contributed by atoms with E-state index in [1.54, 1.807) is 33.1 Å². The van der Waals surface area contributed by atoms with Gasteiger partial charge in [0.15, 0.2) is 5.78 Å². The average Bonchev–Trinajstić information content (AvgIpc) is 2.50. The lowest BCUT2D eigenvalue weighted by atomic mass is 10.0. The predicted octanol–water partition coefficient (Wildman–Crippen LogP) is 3.99. The Morgan fingerprint density at radius 3 is 2.24 bits per heavy atom. The van der Waals surface area contributed by atoms with Gasteiger partial charge in [-0.1, -0.05) is 0 Å². The summed E-state index contributed by atoms with van der Waals surface area (Å²) in [5.74, 6) is 1.49. The fourth-order valence-electron chi connectivity index (χ4n) is 2.02. The zero-order valence-corrected chi connectivity index (χ0v) is 13.2. The standard InChI is InChI=1S/C17H18O3S/c1-11-8-13(9-12(2)17(11)19)16(18)10-21-15-6-4-14(20-3)5-7-15/h4-9,19H,10H2,1-3H3. The Kier molecular flexibility index (Phi) is 4.91. The highest BCUT2D eigenvalue weighted by Gasteiger charge is 2.11. The molecule has 0 atom stereocenters. The van der Waals surface area contributed by atoms with Gasteiger partial charge < -0.3 is 9.84 Å². The van der Waals surface area contributed by atoms with E-state index >= 15 is 0 Å². The van der Waals surface area contributed by atoms with Crippen LogP contribution in [0.15, 0.2) is 41.3 Å². The third-order valence-corrected chi connectivity index (χ3v) is 4.25. The maximum Gasteiger partial charge on any atom is 0.173 e. The molecule has 0 aliphatic carbocycles. The summed E-state index contributed by atoms with van der Waals surface area (Å²) in [4.78, 5) is 13.3. The highest BCUT2D eigenvalue weighted by atomic mass is 32.2. The summed E-state index contributed by atoms with van der Waals surface area (Å²) in [7, 11) is 1.63. The molecule has 21 heavy (non-hydrogen) atoms. The number of ether oxygens (including phenoxy) is 1. The lowest BCUT2D eigenvalue weighted by Crippen LogP contribution is -2.03. The van der Waals surface area contributed by atoms with Crippen LogP contribution in [0.4, 0.5) is 0 Å². The molecule has 0 saturated heterocycles. The number of thioether (sulfide) groups is 1. The summed E-state index contributed by atoms with van der Waals surface area (Å²) in [6, 6.07) is 11.1. The Hall–Kier alpha value is -1.94. The number of hydrogen-bond acceptors (Lipinski definition) is 4. The van der Waals surface area contributed by atoms with Gasteiger partial charge in [-0.05, 0) is 61.4 Å². The third-order valence-electron chi connectivity index (χ3n) is 3.24. The molecule has 0 aliphatic rings. The topological polar surface area (TPSA) is 46.5 Å². The summed E-state index contributed by atoms with van der Waals surface area (Å²) in [6.45, 7) is 3.60. The number of Topliss-reactive ketones (excluding diaryl/α,β-unsaturated/α-hetero) is 1. The molecule has 0 bridgehead atoms. The quantitative estimate of drug-likeness (QED) is 0.670. The molecule has 0 fully saturated rings. The lowest BCUT2D eigenvalue weighted by molar-refractivity contribution is 0.102. The van der Waals surface area contributed by atoms with E-state index in [0.29, 0.717) is 11.3 Å². The summed E-state index contributed by atoms with van der Waals surface area (Å²) in [5, 5.41) is 9.74. The fraction of sp³-hybridized carbons (Fsp3) is 0.235. The molecule has 4 heteroatoms. The van der Waals surface area contributed by atoms with Crippen molar-refractivity contribution in [1.82, 2.24) is 0 Å². The molecule has 0 amide bonds. The van der Waals surface area contributed by atoms with Gasteiger partial charge in [-0.2, -0.15) is 0 Å². The first kappa shape index (κ1) is 15.4. The molecule has 0 radical (unpaired) electrons. The van der Waals surface area contributed by atoms with Crippen LogP contribution in [0, 0.1) is 13.8 Å². The second kappa shape index (κ2) is 6.68. The van der Waals surface area contributed by atoms with E-state index in [2.05, 4.69) is 0 Å². The number of carbonyl (C=O) groups excluding carboxylic acids is 1. The first-order valence-electron chi connectivity index (χ1n) is 6.61. The van der Waals surface area contributed by atoms with Gasteiger partial charge in [0.05, 0.1) is 12.9 Å². The monoisotopic (exact) mass is 302 g/mol. The summed E-state index contributed by atoms with van der Waals surface area (Å²) in [6.07, 6.45) is 0. The SMILES string of the molecule is COc1ccc(SCC(=O)c2cc(C)c(O)c(C)c2)cc1. The van der Waals surface area contributed by atoms with E-state index < -0.39 is 0 Å². The molecule has 0 unspecified atom stereocenters. The second-order valence-electron chi connectivity index (χ2n) is 4.85. The van der Waals surface area contributed by atoms with Crippen molar-refractivity contribution in [2.75, 3.05) is 12.9 Å². The average molecular weight is 302 g/mol. The van der Waals surface area contributed by atoms with Gasteiger partial charge in [0.1, 0.15) is 11.5 Å². The normalized spacial score (nSPS) is 10.4. The van der Waals surface area contributed by atoms with Crippen LogP contribution < -0.4 is 4.74 Å². The number of aryl methyl sites for hydroxylation is 2. The van der Waals surface area contributed by atoms with Crippen LogP contribution in [0.5, 0.6) is 11.5 Å². The van der Waals surface area contributed by atoms with Crippen molar-refractivity contribution in [3.05, 3.63) is 53.1 Å². The van der Waals surface area contributed by atoms with Crippen LogP contribution in [-0.4, -0.2) is 23.8 Å². The van der Waals surface area contributed by atoms with Crippen LogP contribution in [0.2, 0.25) is 0 Å². The fourth-order valence-corrected chi connectivity index (χ4v) is 2.81. The molecule has 0 aliphatic heterocycles. The molecular weight excluding hydrogens is 284 g/mol. The zero-order valence-electron chi connectivity index (χ0n) is 12.3. The highest BCUT2D eigenvalue weighted by Crippen LogP contribution is 2.25. The van der Waals surface area contributed by atoms with Crippen LogP contribution >= 0.6 is 11.8 Å². The number of methoxy groups -OCH3 is 1. The van der Waals surface area contributed by atoms with Crippen LogP contribution in [0.1, 0.15) is 21.5 Å². The van der Waals surface area contributed by atoms with E-state index in [9.17, 15) is 9.90 Å². The number of phenols is 1. The van der Waals surface area contributed by atoms with E-state index in [4.69, 9.17) is 4.74 Å². The first-order valence-corrected chi connectivity index (χ1v) is 7.60. The van der Waals surface area contributed by atoms with Crippen molar-refractivity contribution >= 4 is 17.5 Å². The minimum atomic E-state index is 0.0574. The molecule has 1 N–H and O–H groups in total. The number of rotatable bonds is 5. The van der Waals surface area contributed by atoms with Gasteiger partial charge in [0.25, 0.3) is 0 Å². The Morgan fingerprint density at radius 2 is 1.71 bits per heavy atom. The maximum atomic E-state index is 12.2. The molecular formula is C17H18O3S. The minimum Gasteiger partial charge on any atom is -0.507 e. The van der Waals surface area contributed by atoms with Crippen LogP contribution in [0.25, 0.3) is 0 Å². The number of aromatic hydroxyl groups is 1. The van der Waals surface area contributed by atoms with Crippen LogP contribution in [0.3, 0.4) is 0 Å². The molecule has 0 saturated carbocycles. The Morgan fingerprint density at radius 1 is 1.14 bits per heavy atom. The Balaban J connectivity index is 2.04. The van der Waals surface area contributed by atoms with E-state index in [1.165, 1.54) is 11.8 Å². The van der Waals surface area contributed by atoms with Gasteiger partial charge in [-0.25, -0.2) is 0 Å². The smallest absolute Gasteiger partial charge is 0.173 e. The summed E-state index contributed by atoms with van der Waals surface area (Å²) in [5.41, 5.74) is 2.10. The van der Waals surface area contributed by atoms with Gasteiger partial charge in [0.2, 0.25) is 0 Å². The molecule has 0 heterocycles. The van der Waals surface area contributed by atoms with Gasteiger partial charge in [0, 0.05) is 10.5 Å². The first-order chi connectivity index (χ1) is 10.0. The van der Waals surface area contributed by atoms with Crippen molar-refractivity contribution in [3.8, 4) is 11.5 Å². The number of ketones is 1. The van der Waals surface area contributed by atoms with E-state index in [-0.39, 0.29) is 11.5 Å². The molecule has 110 valence electrons. The highest BCUT2D eigenvalue weighted by molar-refractivity contribution is 8.00. The van der Waals surface area contributed by atoms with Gasteiger partial charge in [-0.15, -0.1) is 11.8 Å². The van der Waals surface area contributed by atoms with Gasteiger partial charge in [-0.3, -0.25) is 4.79 Å². The van der Waals surface area contributed by atoms with Crippen molar-refractivity contribution in [1.29, 1.82) is 0 Å². The zero-order chi connectivity index (χ0) is 15.4. The number of benzene rings is 2. The molecule has 0 aromatic heterocycles. The van der Waals surface area contributed by atoms with Crippen LogP contribution in [-0.2, 0) is 0 Å². The molecule has 2 aromatic carbocycles.